The minimum Gasteiger partial charge on any atom is -0.370 e. The van der Waals surface area contributed by atoms with E-state index in [9.17, 15) is 4.79 Å². The smallest absolute Gasteiger partial charge is 0.320 e. The Labute approximate surface area is 122 Å². The van der Waals surface area contributed by atoms with Gasteiger partial charge < -0.3 is 14.5 Å². The number of carbonyl (C=O) groups excluding carboxylic acids is 1. The summed E-state index contributed by atoms with van der Waals surface area (Å²) in [6.45, 7) is 12.8. The highest BCUT2D eigenvalue weighted by molar-refractivity contribution is 5.75. The fourth-order valence-corrected chi connectivity index (χ4v) is 2.91. The Morgan fingerprint density at radius 3 is 2.40 bits per heavy atom. The Kier molecular flexibility index (Phi) is 4.59. The SMILES string of the molecule is CC(C)N1CCCOC2(CN(C(=O)N(C)C(C)C)C2)C1. The number of ether oxygens (including phenoxy) is 1. The normalized spacial score (nSPS) is 23.1. The van der Waals surface area contributed by atoms with Crippen molar-refractivity contribution in [3.05, 3.63) is 0 Å². The van der Waals surface area contributed by atoms with Crippen LogP contribution in [0.3, 0.4) is 0 Å². The molecule has 116 valence electrons. The third-order valence-electron chi connectivity index (χ3n) is 4.52. The maximum atomic E-state index is 12.3. The van der Waals surface area contributed by atoms with Gasteiger partial charge in [0.15, 0.2) is 0 Å². The monoisotopic (exact) mass is 283 g/mol. The zero-order valence-electron chi connectivity index (χ0n) is 13.6. The van der Waals surface area contributed by atoms with E-state index in [-0.39, 0.29) is 17.7 Å². The van der Waals surface area contributed by atoms with E-state index in [0.29, 0.717) is 6.04 Å². The molecule has 2 aliphatic rings. The van der Waals surface area contributed by atoms with Crippen LogP contribution in [-0.2, 0) is 4.74 Å². The van der Waals surface area contributed by atoms with Gasteiger partial charge in [0.1, 0.15) is 5.60 Å². The molecule has 2 saturated heterocycles. The van der Waals surface area contributed by atoms with Gasteiger partial charge in [-0.15, -0.1) is 0 Å². The number of hydrogen-bond acceptors (Lipinski definition) is 3. The number of likely N-dealkylation sites (tertiary alicyclic amines) is 1. The van der Waals surface area contributed by atoms with Gasteiger partial charge >= 0.3 is 6.03 Å². The first-order valence-corrected chi connectivity index (χ1v) is 7.74. The summed E-state index contributed by atoms with van der Waals surface area (Å²) in [6.07, 6.45) is 1.08. The maximum absolute atomic E-state index is 12.3. The molecule has 0 atom stereocenters. The topological polar surface area (TPSA) is 36.0 Å². The lowest BCUT2D eigenvalue weighted by Crippen LogP contribution is -2.70. The van der Waals surface area contributed by atoms with E-state index in [1.54, 1.807) is 4.90 Å². The van der Waals surface area contributed by atoms with E-state index in [1.165, 1.54) is 0 Å². The molecule has 2 heterocycles. The average molecular weight is 283 g/mol. The molecule has 5 nitrogen and oxygen atoms in total. The number of nitrogens with zero attached hydrogens (tertiary/aromatic N) is 3. The standard InChI is InChI=1S/C15H29N3O2/c1-12(2)16(5)14(19)18-10-15(11-18)9-17(13(3)4)7-6-8-20-15/h12-13H,6-11H2,1-5H3. The Morgan fingerprint density at radius 2 is 1.85 bits per heavy atom. The summed E-state index contributed by atoms with van der Waals surface area (Å²) in [4.78, 5) is 18.5. The Hall–Kier alpha value is -0.810. The van der Waals surface area contributed by atoms with E-state index in [2.05, 4.69) is 18.7 Å². The molecule has 2 rings (SSSR count). The number of carbonyl (C=O) groups is 1. The predicted octanol–water partition coefficient (Wildman–Crippen LogP) is 1.63. The van der Waals surface area contributed by atoms with Gasteiger partial charge in [0.05, 0.1) is 13.1 Å². The second kappa shape index (κ2) is 5.90. The second-order valence-electron chi connectivity index (χ2n) is 6.79. The number of hydrogen-bond donors (Lipinski definition) is 0. The molecule has 5 heteroatoms. The zero-order chi connectivity index (χ0) is 14.9. The van der Waals surface area contributed by atoms with Crippen molar-refractivity contribution in [2.75, 3.05) is 39.8 Å². The van der Waals surface area contributed by atoms with Crippen LogP contribution in [0, 0.1) is 0 Å². The minimum atomic E-state index is -0.131. The largest absolute Gasteiger partial charge is 0.370 e. The lowest BCUT2D eigenvalue weighted by Gasteiger charge is -2.51. The van der Waals surface area contributed by atoms with E-state index in [4.69, 9.17) is 4.74 Å². The van der Waals surface area contributed by atoms with Crippen LogP contribution in [0.15, 0.2) is 0 Å². The van der Waals surface area contributed by atoms with Gasteiger partial charge in [-0.25, -0.2) is 4.79 Å². The highest BCUT2D eigenvalue weighted by Gasteiger charge is 2.49. The van der Waals surface area contributed by atoms with E-state index in [1.807, 2.05) is 25.8 Å². The molecule has 0 aromatic rings. The molecule has 0 N–H and O–H groups in total. The molecule has 0 saturated carbocycles. The summed E-state index contributed by atoms with van der Waals surface area (Å²) in [5, 5.41) is 0. The first-order valence-electron chi connectivity index (χ1n) is 7.74. The third-order valence-corrected chi connectivity index (χ3v) is 4.52. The van der Waals surface area contributed by atoms with Gasteiger partial charge in [0.25, 0.3) is 0 Å². The van der Waals surface area contributed by atoms with Crippen LogP contribution >= 0.6 is 0 Å². The molecule has 0 aromatic carbocycles. The van der Waals surface area contributed by atoms with Crippen LogP contribution in [0.2, 0.25) is 0 Å². The third kappa shape index (κ3) is 3.09. The zero-order valence-corrected chi connectivity index (χ0v) is 13.6. The molecule has 0 unspecified atom stereocenters. The summed E-state index contributed by atoms with van der Waals surface area (Å²) in [5.41, 5.74) is -0.131. The van der Waals surface area contributed by atoms with E-state index in [0.717, 1.165) is 39.2 Å². The Bertz CT molecular complexity index is 351. The predicted molar refractivity (Wildman–Crippen MR) is 79.9 cm³/mol. The molecule has 2 aliphatic heterocycles. The number of rotatable bonds is 2. The van der Waals surface area contributed by atoms with Crippen LogP contribution in [0.25, 0.3) is 0 Å². The van der Waals surface area contributed by atoms with Crippen molar-refractivity contribution in [3.63, 3.8) is 0 Å². The summed E-state index contributed by atoms with van der Waals surface area (Å²) >= 11 is 0. The average Bonchev–Trinajstić information content (AvgIpc) is 2.57. The Balaban J connectivity index is 1.94. The van der Waals surface area contributed by atoms with E-state index >= 15 is 0 Å². The van der Waals surface area contributed by atoms with E-state index < -0.39 is 0 Å². The van der Waals surface area contributed by atoms with Crippen molar-refractivity contribution in [1.82, 2.24) is 14.7 Å². The van der Waals surface area contributed by atoms with Gasteiger partial charge in [-0.1, -0.05) is 0 Å². The van der Waals surface area contributed by atoms with Gasteiger partial charge in [0.2, 0.25) is 0 Å². The second-order valence-corrected chi connectivity index (χ2v) is 6.79. The molecule has 0 radical (unpaired) electrons. The summed E-state index contributed by atoms with van der Waals surface area (Å²) in [5.74, 6) is 0. The minimum absolute atomic E-state index is 0.120. The van der Waals surface area contributed by atoms with Crippen LogP contribution in [-0.4, -0.2) is 78.2 Å². The number of amides is 2. The van der Waals surface area contributed by atoms with Gasteiger partial charge in [-0.2, -0.15) is 0 Å². The molecular weight excluding hydrogens is 254 g/mol. The lowest BCUT2D eigenvalue weighted by molar-refractivity contribution is -0.132. The van der Waals surface area contributed by atoms with Crippen molar-refractivity contribution in [2.24, 2.45) is 0 Å². The lowest BCUT2D eigenvalue weighted by atomic mass is 9.93. The number of urea groups is 1. The van der Waals surface area contributed by atoms with Crippen molar-refractivity contribution in [2.45, 2.75) is 51.8 Å². The first-order chi connectivity index (χ1) is 9.34. The van der Waals surface area contributed by atoms with Crippen molar-refractivity contribution < 1.29 is 9.53 Å². The summed E-state index contributed by atoms with van der Waals surface area (Å²) in [6, 6.07) is 0.896. The molecule has 1 spiro atoms. The van der Waals surface area contributed by atoms with Gasteiger partial charge in [0, 0.05) is 38.8 Å². The molecule has 2 fully saturated rings. The molecule has 0 aliphatic carbocycles. The van der Waals surface area contributed by atoms with Crippen LogP contribution in [0.5, 0.6) is 0 Å². The maximum Gasteiger partial charge on any atom is 0.320 e. The molecule has 0 aromatic heterocycles. The van der Waals surface area contributed by atoms with Gasteiger partial charge in [-0.3, -0.25) is 4.90 Å². The highest BCUT2D eigenvalue weighted by Crippen LogP contribution is 2.30. The molecular formula is C15H29N3O2. The van der Waals surface area contributed by atoms with Gasteiger partial charge in [-0.05, 0) is 34.1 Å². The van der Waals surface area contributed by atoms with Crippen LogP contribution in [0.4, 0.5) is 4.79 Å². The first kappa shape index (κ1) is 15.6. The van der Waals surface area contributed by atoms with Crippen molar-refractivity contribution >= 4 is 6.03 Å². The fraction of sp³-hybridized carbons (Fsp3) is 0.933. The molecule has 20 heavy (non-hydrogen) atoms. The molecule has 0 bridgehead atoms. The van der Waals surface area contributed by atoms with Crippen molar-refractivity contribution in [3.8, 4) is 0 Å². The summed E-state index contributed by atoms with van der Waals surface area (Å²) in [7, 11) is 1.87. The van der Waals surface area contributed by atoms with Crippen LogP contribution in [0.1, 0.15) is 34.1 Å². The highest BCUT2D eigenvalue weighted by atomic mass is 16.5. The Morgan fingerprint density at radius 1 is 1.20 bits per heavy atom. The molecule has 2 amide bonds. The van der Waals surface area contributed by atoms with Crippen molar-refractivity contribution in [1.29, 1.82) is 0 Å². The van der Waals surface area contributed by atoms with Crippen LogP contribution < -0.4 is 0 Å². The quantitative estimate of drug-likeness (QED) is 0.773. The fourth-order valence-electron chi connectivity index (χ4n) is 2.91. The summed E-state index contributed by atoms with van der Waals surface area (Å²) < 4.78 is 6.07.